The van der Waals surface area contributed by atoms with E-state index in [2.05, 4.69) is 17.3 Å². The Morgan fingerprint density at radius 1 is 1.16 bits per heavy atom. The second kappa shape index (κ2) is 7.14. The molecule has 5 heteroatoms. The molecule has 1 saturated heterocycles. The Kier molecular flexibility index (Phi) is 5.79. The van der Waals surface area contributed by atoms with E-state index in [-0.39, 0.29) is 0 Å². The average Bonchev–Trinajstić information content (AvgIpc) is 2.40. The van der Waals surface area contributed by atoms with Gasteiger partial charge in [-0.1, -0.05) is 34.8 Å². The van der Waals surface area contributed by atoms with Crippen molar-refractivity contribution in [3.8, 4) is 0 Å². The van der Waals surface area contributed by atoms with Gasteiger partial charge in [0.1, 0.15) is 0 Å². The van der Waals surface area contributed by atoms with E-state index in [0.717, 1.165) is 18.0 Å². The topological polar surface area (TPSA) is 15.3 Å². The maximum absolute atomic E-state index is 6.18. The zero-order valence-corrected chi connectivity index (χ0v) is 13.3. The number of likely N-dealkylation sites (tertiary alicyclic amines) is 1. The fourth-order valence-electron chi connectivity index (χ4n) is 2.40. The minimum absolute atomic E-state index is 0.558. The summed E-state index contributed by atoms with van der Waals surface area (Å²) in [6, 6.07) is 3.52. The summed E-state index contributed by atoms with van der Waals surface area (Å²) >= 11 is 18.3. The van der Waals surface area contributed by atoms with Crippen LogP contribution in [0.25, 0.3) is 0 Å². The van der Waals surface area contributed by atoms with Crippen molar-refractivity contribution in [2.75, 3.05) is 26.7 Å². The maximum atomic E-state index is 6.18. The lowest BCUT2D eigenvalue weighted by Gasteiger charge is -2.29. The molecular weight excluding hydrogens is 303 g/mol. The molecule has 0 unspecified atom stereocenters. The molecule has 1 aromatic carbocycles. The molecule has 1 aliphatic heterocycles. The second-order valence-corrected chi connectivity index (χ2v) is 6.39. The van der Waals surface area contributed by atoms with Gasteiger partial charge < -0.3 is 10.2 Å². The van der Waals surface area contributed by atoms with E-state index >= 15 is 0 Å². The first-order valence-corrected chi connectivity index (χ1v) is 7.73. The van der Waals surface area contributed by atoms with Gasteiger partial charge in [0.25, 0.3) is 0 Å². The first kappa shape index (κ1) is 15.4. The van der Waals surface area contributed by atoms with Crippen molar-refractivity contribution in [2.45, 2.75) is 19.4 Å². The lowest BCUT2D eigenvalue weighted by Crippen LogP contribution is -2.34. The quantitative estimate of drug-likeness (QED) is 0.841. The molecule has 0 aromatic heterocycles. The van der Waals surface area contributed by atoms with E-state index in [1.807, 2.05) is 0 Å². The number of hydrogen-bond acceptors (Lipinski definition) is 2. The third-order valence-corrected chi connectivity index (χ3v) is 4.91. The molecule has 0 saturated carbocycles. The highest BCUT2D eigenvalue weighted by Crippen LogP contribution is 2.31. The lowest BCUT2D eigenvalue weighted by atomic mass is 9.97. The second-order valence-electron chi connectivity index (χ2n) is 5.20. The summed E-state index contributed by atoms with van der Waals surface area (Å²) in [7, 11) is 2.18. The van der Waals surface area contributed by atoms with Gasteiger partial charge in [0.05, 0.1) is 10.0 Å². The maximum Gasteiger partial charge on any atom is 0.0652 e. The van der Waals surface area contributed by atoms with E-state index in [9.17, 15) is 0 Å². The molecule has 1 N–H and O–H groups in total. The van der Waals surface area contributed by atoms with Crippen molar-refractivity contribution < 1.29 is 0 Å². The Morgan fingerprint density at radius 3 is 2.47 bits per heavy atom. The average molecular weight is 322 g/mol. The molecule has 1 fully saturated rings. The fourth-order valence-corrected chi connectivity index (χ4v) is 3.08. The van der Waals surface area contributed by atoms with Crippen LogP contribution in [0.15, 0.2) is 12.1 Å². The van der Waals surface area contributed by atoms with Crippen molar-refractivity contribution >= 4 is 34.8 Å². The Bertz CT molecular complexity index is 429. The molecule has 106 valence electrons. The Hall–Kier alpha value is 0.01000. The van der Waals surface area contributed by atoms with Gasteiger partial charge >= 0.3 is 0 Å². The lowest BCUT2D eigenvalue weighted by molar-refractivity contribution is 0.216. The fraction of sp³-hybridized carbons (Fsp3) is 0.571. The molecule has 1 aromatic rings. The third-order valence-electron chi connectivity index (χ3n) is 3.71. The van der Waals surface area contributed by atoms with Crippen LogP contribution in [0, 0.1) is 5.92 Å². The molecule has 0 radical (unpaired) electrons. The number of benzene rings is 1. The SMILES string of the molecule is CN1CCC(CNCc2c(Cl)ccc(Cl)c2Cl)CC1. The highest BCUT2D eigenvalue weighted by molar-refractivity contribution is 6.44. The van der Waals surface area contributed by atoms with Gasteiger partial charge in [-0.3, -0.25) is 0 Å². The Balaban J connectivity index is 1.84. The van der Waals surface area contributed by atoms with Crippen LogP contribution in [0.3, 0.4) is 0 Å². The van der Waals surface area contributed by atoms with E-state index in [1.54, 1.807) is 12.1 Å². The Morgan fingerprint density at radius 2 is 1.79 bits per heavy atom. The van der Waals surface area contributed by atoms with E-state index < -0.39 is 0 Å². The number of hydrogen-bond donors (Lipinski definition) is 1. The standard InChI is InChI=1S/C14H19Cl3N2/c1-19-6-4-10(5-7-19)8-18-9-11-12(15)2-3-13(16)14(11)17/h2-3,10,18H,4-9H2,1H3. The van der Waals surface area contributed by atoms with E-state index in [1.165, 1.54) is 25.9 Å². The van der Waals surface area contributed by atoms with Crippen LogP contribution in [-0.4, -0.2) is 31.6 Å². The summed E-state index contributed by atoms with van der Waals surface area (Å²) in [5.41, 5.74) is 0.892. The minimum Gasteiger partial charge on any atom is -0.312 e. The number of nitrogens with one attached hydrogen (secondary N) is 1. The van der Waals surface area contributed by atoms with Crippen molar-refractivity contribution in [1.82, 2.24) is 10.2 Å². The zero-order chi connectivity index (χ0) is 13.8. The van der Waals surface area contributed by atoms with Gasteiger partial charge in [0.2, 0.25) is 0 Å². The van der Waals surface area contributed by atoms with Crippen LogP contribution in [0.1, 0.15) is 18.4 Å². The van der Waals surface area contributed by atoms with E-state index in [0.29, 0.717) is 21.6 Å². The van der Waals surface area contributed by atoms with Gasteiger partial charge in [0, 0.05) is 17.1 Å². The van der Waals surface area contributed by atoms with Crippen LogP contribution < -0.4 is 5.32 Å². The molecule has 0 spiro atoms. The predicted octanol–water partition coefficient (Wildman–Crippen LogP) is 4.08. The summed E-state index contributed by atoms with van der Waals surface area (Å²) in [5.74, 6) is 0.743. The first-order chi connectivity index (χ1) is 9.08. The van der Waals surface area contributed by atoms with Crippen molar-refractivity contribution in [1.29, 1.82) is 0 Å². The van der Waals surface area contributed by atoms with E-state index in [4.69, 9.17) is 34.8 Å². The normalized spacial score (nSPS) is 17.9. The summed E-state index contributed by atoms with van der Waals surface area (Å²) in [4.78, 5) is 2.38. The van der Waals surface area contributed by atoms with Crippen molar-refractivity contribution in [3.63, 3.8) is 0 Å². The largest absolute Gasteiger partial charge is 0.312 e. The van der Waals surface area contributed by atoms with Gasteiger partial charge in [0.15, 0.2) is 0 Å². The van der Waals surface area contributed by atoms with Gasteiger partial charge in [-0.25, -0.2) is 0 Å². The molecule has 0 amide bonds. The smallest absolute Gasteiger partial charge is 0.0652 e. The third kappa shape index (κ3) is 4.24. The molecular formula is C14H19Cl3N2. The number of rotatable bonds is 4. The number of nitrogens with zero attached hydrogens (tertiary/aromatic N) is 1. The first-order valence-electron chi connectivity index (χ1n) is 6.59. The predicted molar refractivity (Wildman–Crippen MR) is 83.4 cm³/mol. The number of piperidine rings is 1. The summed E-state index contributed by atoms with van der Waals surface area (Å²) in [5, 5.41) is 5.24. The molecule has 19 heavy (non-hydrogen) atoms. The van der Waals surface area contributed by atoms with Crippen LogP contribution in [0.5, 0.6) is 0 Å². The van der Waals surface area contributed by atoms with Gasteiger partial charge in [-0.05, 0) is 57.6 Å². The van der Waals surface area contributed by atoms with Crippen molar-refractivity contribution in [2.24, 2.45) is 5.92 Å². The highest BCUT2D eigenvalue weighted by Gasteiger charge is 2.16. The summed E-state index contributed by atoms with van der Waals surface area (Å²) in [6.45, 7) is 4.05. The molecule has 0 bridgehead atoms. The van der Waals surface area contributed by atoms with Gasteiger partial charge in [-0.2, -0.15) is 0 Å². The molecule has 1 heterocycles. The minimum atomic E-state index is 0.558. The van der Waals surface area contributed by atoms with Crippen LogP contribution in [0.2, 0.25) is 15.1 Å². The van der Waals surface area contributed by atoms with Crippen molar-refractivity contribution in [3.05, 3.63) is 32.8 Å². The summed E-state index contributed by atoms with van der Waals surface area (Å²) < 4.78 is 0. The molecule has 0 aliphatic carbocycles. The summed E-state index contributed by atoms with van der Waals surface area (Å²) in [6.07, 6.45) is 2.50. The Labute approximate surface area is 130 Å². The molecule has 2 nitrogen and oxygen atoms in total. The molecule has 2 rings (SSSR count). The van der Waals surface area contributed by atoms with Gasteiger partial charge in [-0.15, -0.1) is 0 Å². The zero-order valence-electron chi connectivity index (χ0n) is 11.1. The highest BCUT2D eigenvalue weighted by atomic mass is 35.5. The number of halogens is 3. The van der Waals surface area contributed by atoms with Crippen LogP contribution in [0.4, 0.5) is 0 Å². The van der Waals surface area contributed by atoms with Crippen LogP contribution in [-0.2, 0) is 6.54 Å². The molecule has 1 aliphatic rings. The monoisotopic (exact) mass is 320 g/mol. The molecule has 0 atom stereocenters. The van der Waals surface area contributed by atoms with Crippen LogP contribution >= 0.6 is 34.8 Å².